The highest BCUT2D eigenvalue weighted by Gasteiger charge is 2.41. The lowest BCUT2D eigenvalue weighted by Gasteiger charge is -2.46. The summed E-state index contributed by atoms with van der Waals surface area (Å²) in [5, 5.41) is 3.79. The van der Waals surface area contributed by atoms with Gasteiger partial charge in [0.1, 0.15) is 5.76 Å². The Bertz CT molecular complexity index is 722. The van der Waals surface area contributed by atoms with E-state index in [1.54, 1.807) is 17.9 Å². The van der Waals surface area contributed by atoms with Crippen molar-refractivity contribution in [2.24, 2.45) is 5.92 Å². The van der Waals surface area contributed by atoms with Gasteiger partial charge >= 0.3 is 0 Å². The maximum absolute atomic E-state index is 12.4. The van der Waals surface area contributed by atoms with E-state index < -0.39 is 10.0 Å². The van der Waals surface area contributed by atoms with Crippen molar-refractivity contribution in [3.8, 4) is 0 Å². The van der Waals surface area contributed by atoms with Crippen LogP contribution in [0.4, 0.5) is 0 Å². The largest absolute Gasteiger partial charge is 0.375 e. The molecule has 2 fully saturated rings. The first kappa shape index (κ1) is 18.3. The van der Waals surface area contributed by atoms with Crippen molar-refractivity contribution < 1.29 is 22.5 Å². The summed E-state index contributed by atoms with van der Waals surface area (Å²) in [5.74, 6) is 0.774. The average Bonchev–Trinajstić information content (AvgIpc) is 2.99. The van der Waals surface area contributed by atoms with Gasteiger partial charge in [0, 0.05) is 32.3 Å². The van der Waals surface area contributed by atoms with Gasteiger partial charge in [-0.15, -0.1) is 0 Å². The van der Waals surface area contributed by atoms with Crippen LogP contribution < -0.4 is 4.72 Å². The third-order valence-corrected chi connectivity index (χ3v) is 5.73. The smallest absolute Gasteiger partial charge is 0.276 e. The second-order valence-corrected chi connectivity index (χ2v) is 8.96. The number of aromatic nitrogens is 1. The third kappa shape index (κ3) is 4.59. The highest BCUT2D eigenvalue weighted by molar-refractivity contribution is 7.88. The van der Waals surface area contributed by atoms with Gasteiger partial charge in [-0.05, 0) is 38.5 Å². The Kier molecular flexibility index (Phi) is 5.17. The lowest BCUT2D eigenvalue weighted by Crippen LogP contribution is -2.51. The first-order valence-electron chi connectivity index (χ1n) is 8.58. The van der Waals surface area contributed by atoms with Gasteiger partial charge in [0.25, 0.3) is 5.91 Å². The van der Waals surface area contributed by atoms with Crippen LogP contribution in [0.25, 0.3) is 0 Å². The average molecular weight is 371 g/mol. The molecule has 1 amide bonds. The summed E-state index contributed by atoms with van der Waals surface area (Å²) in [5.41, 5.74) is 0.0896. The predicted octanol–water partition coefficient (Wildman–Crippen LogP) is 0.934. The van der Waals surface area contributed by atoms with E-state index in [1.165, 1.54) is 6.26 Å². The number of ether oxygens (including phenoxy) is 1. The Labute approximate surface area is 147 Å². The van der Waals surface area contributed by atoms with Gasteiger partial charge in [-0.2, -0.15) is 0 Å². The number of nitrogens with one attached hydrogen (secondary N) is 1. The Balaban J connectivity index is 1.56. The van der Waals surface area contributed by atoms with Crippen LogP contribution in [0, 0.1) is 12.8 Å². The molecule has 25 heavy (non-hydrogen) atoms. The molecule has 2 aliphatic rings. The molecule has 0 bridgehead atoms. The van der Waals surface area contributed by atoms with Gasteiger partial charge in [0.05, 0.1) is 11.9 Å². The van der Waals surface area contributed by atoms with Crippen molar-refractivity contribution >= 4 is 15.9 Å². The topological polar surface area (TPSA) is 102 Å². The zero-order chi connectivity index (χ0) is 18.1. The number of hydrogen-bond acceptors (Lipinski definition) is 6. The van der Waals surface area contributed by atoms with E-state index >= 15 is 0 Å². The predicted molar refractivity (Wildman–Crippen MR) is 90.6 cm³/mol. The quantitative estimate of drug-likeness (QED) is 0.845. The Morgan fingerprint density at radius 2 is 2.16 bits per heavy atom. The van der Waals surface area contributed by atoms with Gasteiger partial charge in [0.15, 0.2) is 5.69 Å². The number of carbonyl (C=O) groups is 1. The Morgan fingerprint density at radius 3 is 2.76 bits per heavy atom. The summed E-state index contributed by atoms with van der Waals surface area (Å²) in [6.07, 6.45) is 4.36. The van der Waals surface area contributed by atoms with Gasteiger partial charge in [-0.1, -0.05) is 5.16 Å². The fourth-order valence-electron chi connectivity index (χ4n) is 3.67. The van der Waals surface area contributed by atoms with Gasteiger partial charge in [-0.3, -0.25) is 4.79 Å². The molecule has 0 aromatic carbocycles. The van der Waals surface area contributed by atoms with Gasteiger partial charge in [0.2, 0.25) is 10.0 Å². The molecular weight excluding hydrogens is 346 g/mol. The van der Waals surface area contributed by atoms with E-state index in [1.807, 2.05) is 0 Å². The molecule has 1 unspecified atom stereocenters. The molecule has 1 aromatic heterocycles. The van der Waals surface area contributed by atoms with Crippen molar-refractivity contribution in [3.63, 3.8) is 0 Å². The number of hydrogen-bond donors (Lipinski definition) is 1. The SMILES string of the molecule is Cc1cc(C(=O)N2CCC3(CC2)CC(CNS(C)(=O)=O)CCO3)no1. The molecule has 2 saturated heterocycles. The van der Waals surface area contributed by atoms with Gasteiger partial charge in [-0.25, -0.2) is 13.1 Å². The van der Waals surface area contributed by atoms with Crippen LogP contribution in [0.3, 0.4) is 0 Å². The molecule has 1 aromatic rings. The molecule has 3 rings (SSSR count). The van der Waals surface area contributed by atoms with E-state index in [9.17, 15) is 13.2 Å². The molecular formula is C16H25N3O5S. The van der Waals surface area contributed by atoms with Crippen molar-refractivity contribution in [1.29, 1.82) is 0 Å². The number of amides is 1. The van der Waals surface area contributed by atoms with Crippen LogP contribution in [0.5, 0.6) is 0 Å². The number of nitrogens with zero attached hydrogens (tertiary/aromatic N) is 2. The van der Waals surface area contributed by atoms with E-state index in [0.29, 0.717) is 37.7 Å². The van der Waals surface area contributed by atoms with Crippen molar-refractivity contribution in [2.45, 2.75) is 38.2 Å². The maximum Gasteiger partial charge on any atom is 0.276 e. The highest BCUT2D eigenvalue weighted by atomic mass is 32.2. The molecule has 0 aliphatic carbocycles. The van der Waals surface area contributed by atoms with Crippen molar-refractivity contribution in [3.05, 3.63) is 17.5 Å². The van der Waals surface area contributed by atoms with Crippen LogP contribution >= 0.6 is 0 Å². The molecule has 9 heteroatoms. The number of rotatable bonds is 4. The summed E-state index contributed by atoms with van der Waals surface area (Å²) >= 11 is 0. The number of sulfonamides is 1. The number of likely N-dealkylation sites (tertiary alicyclic amines) is 1. The lowest BCUT2D eigenvalue weighted by molar-refractivity contribution is -0.122. The lowest BCUT2D eigenvalue weighted by atomic mass is 9.79. The van der Waals surface area contributed by atoms with Gasteiger partial charge < -0.3 is 14.2 Å². The first-order chi connectivity index (χ1) is 11.8. The van der Waals surface area contributed by atoms with Crippen LogP contribution in [0.1, 0.15) is 41.9 Å². The van der Waals surface area contributed by atoms with Crippen molar-refractivity contribution in [2.75, 3.05) is 32.5 Å². The molecule has 140 valence electrons. The minimum atomic E-state index is -3.17. The molecule has 1 atom stereocenters. The molecule has 1 spiro atoms. The molecule has 8 nitrogen and oxygen atoms in total. The second-order valence-electron chi connectivity index (χ2n) is 7.13. The number of piperidine rings is 1. The fraction of sp³-hybridized carbons (Fsp3) is 0.750. The minimum absolute atomic E-state index is 0.113. The number of aryl methyl sites for hydroxylation is 1. The van der Waals surface area contributed by atoms with E-state index in [4.69, 9.17) is 9.26 Å². The summed E-state index contributed by atoms with van der Waals surface area (Å²) in [6.45, 7) is 4.06. The number of carbonyl (C=O) groups excluding carboxylic acids is 1. The molecule has 3 heterocycles. The fourth-order valence-corrected chi connectivity index (χ4v) is 4.21. The molecule has 0 saturated carbocycles. The highest BCUT2D eigenvalue weighted by Crippen LogP contribution is 2.37. The van der Waals surface area contributed by atoms with Crippen LogP contribution in [-0.2, 0) is 14.8 Å². The zero-order valence-corrected chi connectivity index (χ0v) is 15.5. The third-order valence-electron chi connectivity index (χ3n) is 5.04. The zero-order valence-electron chi connectivity index (χ0n) is 14.7. The summed E-state index contributed by atoms with van der Waals surface area (Å²) in [7, 11) is -3.17. The van der Waals surface area contributed by atoms with Crippen LogP contribution in [0.15, 0.2) is 10.6 Å². The molecule has 0 radical (unpaired) electrons. The van der Waals surface area contributed by atoms with Crippen molar-refractivity contribution in [1.82, 2.24) is 14.8 Å². The molecule has 1 N–H and O–H groups in total. The van der Waals surface area contributed by atoms with Crippen LogP contribution in [-0.4, -0.2) is 62.5 Å². The standard InChI is InChI=1S/C16H25N3O5S/c1-12-9-14(18-24-12)15(20)19-6-4-16(5-7-19)10-13(3-8-23-16)11-17-25(2,21)22/h9,13,17H,3-8,10-11H2,1-2H3. The van der Waals surface area contributed by atoms with Crippen LogP contribution in [0.2, 0.25) is 0 Å². The molecule has 2 aliphatic heterocycles. The Hall–Kier alpha value is -1.45. The monoisotopic (exact) mass is 371 g/mol. The minimum Gasteiger partial charge on any atom is -0.375 e. The maximum atomic E-state index is 12.4. The van der Waals surface area contributed by atoms with E-state index in [-0.39, 0.29) is 17.4 Å². The Morgan fingerprint density at radius 1 is 1.44 bits per heavy atom. The van der Waals surface area contributed by atoms with E-state index in [0.717, 1.165) is 25.7 Å². The summed E-state index contributed by atoms with van der Waals surface area (Å²) in [6, 6.07) is 1.65. The summed E-state index contributed by atoms with van der Waals surface area (Å²) in [4.78, 5) is 14.2. The normalized spacial score (nSPS) is 23.8. The summed E-state index contributed by atoms with van der Waals surface area (Å²) < 4.78 is 36.2. The second kappa shape index (κ2) is 7.05. The van der Waals surface area contributed by atoms with E-state index in [2.05, 4.69) is 9.88 Å². The first-order valence-corrected chi connectivity index (χ1v) is 10.5.